The molecule has 1 atom stereocenters. The number of likely N-dealkylation sites (tertiary alicyclic amines) is 1. The molecule has 32 heavy (non-hydrogen) atoms. The van der Waals surface area contributed by atoms with Crippen molar-refractivity contribution < 1.29 is 24.2 Å². The van der Waals surface area contributed by atoms with E-state index in [-0.39, 0.29) is 17.4 Å². The summed E-state index contributed by atoms with van der Waals surface area (Å²) in [6.45, 7) is 1.87. The zero-order valence-corrected chi connectivity index (χ0v) is 18.8. The van der Waals surface area contributed by atoms with Gasteiger partial charge in [-0.25, -0.2) is 0 Å². The predicted octanol–water partition coefficient (Wildman–Crippen LogP) is 4.77. The van der Waals surface area contributed by atoms with Gasteiger partial charge in [0.1, 0.15) is 17.3 Å². The summed E-state index contributed by atoms with van der Waals surface area (Å²) in [5, 5.41) is 11.3. The van der Waals surface area contributed by atoms with Crippen LogP contribution >= 0.6 is 0 Å². The number of aliphatic hydroxyl groups is 1. The van der Waals surface area contributed by atoms with Crippen LogP contribution in [0.1, 0.15) is 54.8 Å². The van der Waals surface area contributed by atoms with E-state index in [9.17, 15) is 14.7 Å². The van der Waals surface area contributed by atoms with E-state index in [2.05, 4.69) is 0 Å². The second-order valence-electron chi connectivity index (χ2n) is 8.46. The van der Waals surface area contributed by atoms with E-state index in [1.807, 2.05) is 31.2 Å². The van der Waals surface area contributed by atoms with E-state index in [4.69, 9.17) is 9.47 Å². The Balaban J connectivity index is 1.85. The lowest BCUT2D eigenvalue weighted by Gasteiger charge is -2.35. The Hall–Kier alpha value is -3.28. The summed E-state index contributed by atoms with van der Waals surface area (Å²) >= 11 is 0. The number of aliphatic hydroxyl groups excluding tert-OH is 1. The van der Waals surface area contributed by atoms with E-state index >= 15 is 0 Å². The predicted molar refractivity (Wildman–Crippen MR) is 122 cm³/mol. The Labute approximate surface area is 188 Å². The first-order valence-electron chi connectivity index (χ1n) is 11.0. The van der Waals surface area contributed by atoms with Crippen LogP contribution in [-0.4, -0.2) is 42.0 Å². The summed E-state index contributed by atoms with van der Waals surface area (Å²) in [5.41, 5.74) is 2.24. The van der Waals surface area contributed by atoms with Crippen molar-refractivity contribution in [2.75, 3.05) is 14.2 Å². The molecule has 2 fully saturated rings. The monoisotopic (exact) mass is 435 g/mol. The van der Waals surface area contributed by atoms with E-state index in [0.29, 0.717) is 17.1 Å². The zero-order valence-electron chi connectivity index (χ0n) is 18.8. The molecule has 2 aromatic rings. The summed E-state index contributed by atoms with van der Waals surface area (Å²) in [6, 6.07) is 11.9. The van der Waals surface area contributed by atoms with Gasteiger partial charge in [0.05, 0.1) is 25.8 Å². The molecule has 0 bridgehead atoms. The number of nitrogens with zero attached hydrogens (tertiary/aromatic N) is 1. The maximum Gasteiger partial charge on any atom is 0.295 e. The lowest BCUT2D eigenvalue weighted by Crippen LogP contribution is -2.40. The van der Waals surface area contributed by atoms with Crippen LogP contribution in [0.15, 0.2) is 48.0 Å². The first kappa shape index (κ1) is 21.9. The second-order valence-corrected chi connectivity index (χ2v) is 8.46. The Kier molecular flexibility index (Phi) is 6.21. The molecular formula is C26H29NO5. The highest BCUT2D eigenvalue weighted by atomic mass is 16.5. The van der Waals surface area contributed by atoms with Crippen molar-refractivity contribution in [3.8, 4) is 11.5 Å². The van der Waals surface area contributed by atoms with Gasteiger partial charge in [-0.1, -0.05) is 31.4 Å². The van der Waals surface area contributed by atoms with E-state index in [1.165, 1.54) is 0 Å². The largest absolute Gasteiger partial charge is 0.507 e. The van der Waals surface area contributed by atoms with Gasteiger partial charge in [0, 0.05) is 11.6 Å². The number of hydrogen-bond donors (Lipinski definition) is 1. The first-order valence-corrected chi connectivity index (χ1v) is 11.0. The van der Waals surface area contributed by atoms with Crippen LogP contribution in [0.25, 0.3) is 5.76 Å². The summed E-state index contributed by atoms with van der Waals surface area (Å²) in [4.78, 5) is 28.1. The second kappa shape index (κ2) is 9.07. The fraction of sp³-hybridized carbons (Fsp3) is 0.385. The third-order valence-electron chi connectivity index (χ3n) is 6.55. The maximum absolute atomic E-state index is 13.2. The van der Waals surface area contributed by atoms with Crippen molar-refractivity contribution in [2.45, 2.75) is 51.1 Å². The molecule has 1 aliphatic carbocycles. The van der Waals surface area contributed by atoms with Gasteiger partial charge >= 0.3 is 0 Å². The summed E-state index contributed by atoms with van der Waals surface area (Å²) < 4.78 is 10.6. The molecule has 2 aromatic carbocycles. The lowest BCUT2D eigenvalue weighted by molar-refractivity contribution is -0.141. The first-order chi connectivity index (χ1) is 15.5. The molecule has 1 saturated carbocycles. The molecule has 1 heterocycles. The van der Waals surface area contributed by atoms with Crippen LogP contribution in [0, 0.1) is 6.92 Å². The normalized spacial score (nSPS) is 21.1. The van der Waals surface area contributed by atoms with E-state index in [0.717, 1.165) is 43.2 Å². The number of carbonyl (C=O) groups is 2. The van der Waals surface area contributed by atoms with Gasteiger partial charge in [-0.2, -0.15) is 0 Å². The zero-order chi connectivity index (χ0) is 22.8. The molecule has 0 spiro atoms. The number of Topliss-reactive ketones (excluding diaryl/α,β-unsaturated/α-hetero) is 1. The average molecular weight is 436 g/mol. The van der Waals surface area contributed by atoms with Crippen molar-refractivity contribution in [3.05, 3.63) is 64.7 Å². The minimum absolute atomic E-state index is 0.0183. The van der Waals surface area contributed by atoms with Crippen molar-refractivity contribution in [2.24, 2.45) is 0 Å². The van der Waals surface area contributed by atoms with Crippen molar-refractivity contribution in [3.63, 3.8) is 0 Å². The van der Waals surface area contributed by atoms with Crippen molar-refractivity contribution in [1.29, 1.82) is 0 Å². The van der Waals surface area contributed by atoms with Crippen molar-refractivity contribution in [1.82, 2.24) is 4.90 Å². The number of carbonyl (C=O) groups excluding carboxylic acids is 2. The highest BCUT2D eigenvalue weighted by molar-refractivity contribution is 6.46. The van der Waals surface area contributed by atoms with Crippen molar-refractivity contribution >= 4 is 17.4 Å². The third-order valence-corrected chi connectivity index (χ3v) is 6.55. The van der Waals surface area contributed by atoms with Crippen LogP contribution < -0.4 is 9.47 Å². The standard InChI is InChI=1S/C26H29NO5/c1-16-15-18(11-14-21(16)32-3)24(28)22-23(17-9-12-20(31-2)13-10-17)27(26(30)25(22)29)19-7-5-4-6-8-19/h9-15,19,23,28H,4-8H2,1-3H3/b24-22-. The van der Waals surface area contributed by atoms with Gasteiger partial charge in [-0.3, -0.25) is 9.59 Å². The minimum atomic E-state index is -0.637. The Morgan fingerprint density at radius 3 is 2.25 bits per heavy atom. The smallest absolute Gasteiger partial charge is 0.295 e. The SMILES string of the molecule is COc1ccc(C2/C(=C(/O)c3ccc(OC)c(C)c3)C(=O)C(=O)N2C2CCCCC2)cc1. The molecule has 6 nitrogen and oxygen atoms in total. The summed E-state index contributed by atoms with van der Waals surface area (Å²) in [7, 11) is 3.18. The van der Waals surface area contributed by atoms with Gasteiger partial charge in [0.2, 0.25) is 0 Å². The number of rotatable bonds is 5. The van der Waals surface area contributed by atoms with Crippen LogP contribution in [-0.2, 0) is 9.59 Å². The van der Waals surface area contributed by atoms with Crippen LogP contribution in [0.5, 0.6) is 11.5 Å². The molecule has 1 N–H and O–H groups in total. The van der Waals surface area contributed by atoms with Gasteiger partial charge < -0.3 is 19.5 Å². The fourth-order valence-corrected chi connectivity index (χ4v) is 4.88. The van der Waals surface area contributed by atoms with E-state index in [1.54, 1.807) is 37.3 Å². The number of amides is 1. The molecule has 168 valence electrons. The van der Waals surface area contributed by atoms with E-state index < -0.39 is 17.7 Å². The number of ether oxygens (including phenoxy) is 2. The number of hydrogen-bond acceptors (Lipinski definition) is 5. The Morgan fingerprint density at radius 2 is 1.66 bits per heavy atom. The molecule has 1 saturated heterocycles. The van der Waals surface area contributed by atoms with Gasteiger partial charge in [0.25, 0.3) is 11.7 Å². The van der Waals surface area contributed by atoms with Gasteiger partial charge in [-0.05, 0) is 61.2 Å². The quantitative estimate of drug-likeness (QED) is 0.416. The molecule has 6 heteroatoms. The highest BCUT2D eigenvalue weighted by Gasteiger charge is 2.48. The van der Waals surface area contributed by atoms with Crippen LogP contribution in [0.4, 0.5) is 0 Å². The maximum atomic E-state index is 13.2. The van der Waals surface area contributed by atoms with Crippen LogP contribution in [0.3, 0.4) is 0 Å². The molecule has 0 aromatic heterocycles. The Bertz CT molecular complexity index is 1050. The van der Waals surface area contributed by atoms with Crippen LogP contribution in [0.2, 0.25) is 0 Å². The van der Waals surface area contributed by atoms with Gasteiger partial charge in [0.15, 0.2) is 0 Å². The number of benzene rings is 2. The third kappa shape index (κ3) is 3.85. The molecule has 1 unspecified atom stereocenters. The lowest BCUT2D eigenvalue weighted by atomic mass is 9.91. The molecule has 4 rings (SSSR count). The fourth-order valence-electron chi connectivity index (χ4n) is 4.88. The topological polar surface area (TPSA) is 76.1 Å². The summed E-state index contributed by atoms with van der Waals surface area (Å²) in [5.74, 6) is 0.0464. The molecule has 1 amide bonds. The van der Waals surface area contributed by atoms with Gasteiger partial charge in [-0.15, -0.1) is 0 Å². The Morgan fingerprint density at radius 1 is 0.969 bits per heavy atom. The number of aryl methyl sites for hydroxylation is 1. The molecule has 2 aliphatic rings. The summed E-state index contributed by atoms with van der Waals surface area (Å²) in [6.07, 6.45) is 4.92. The highest BCUT2D eigenvalue weighted by Crippen LogP contribution is 2.43. The minimum Gasteiger partial charge on any atom is -0.507 e. The average Bonchev–Trinajstić information content (AvgIpc) is 3.09. The number of methoxy groups -OCH3 is 2. The molecule has 0 radical (unpaired) electrons. The molecular weight excluding hydrogens is 406 g/mol. The molecule has 1 aliphatic heterocycles. The number of ketones is 1.